The SMILES string of the molecule is COCC(C)n1c(C)cc(C(=O)CSc2nnnn2C(C)(C)C)c1C. The van der Waals surface area contributed by atoms with Gasteiger partial charge in [-0.2, -0.15) is 0 Å². The Bertz CT molecular complexity index is 745. The van der Waals surface area contributed by atoms with Crippen molar-refractivity contribution in [2.45, 2.75) is 58.3 Å². The highest BCUT2D eigenvalue weighted by Crippen LogP contribution is 2.25. The zero-order valence-electron chi connectivity index (χ0n) is 16.0. The van der Waals surface area contributed by atoms with Crippen molar-refractivity contribution in [3.8, 4) is 0 Å². The fourth-order valence-electron chi connectivity index (χ4n) is 2.95. The fourth-order valence-corrected chi connectivity index (χ4v) is 3.89. The van der Waals surface area contributed by atoms with Gasteiger partial charge in [0.15, 0.2) is 5.78 Å². The first-order valence-corrected chi connectivity index (χ1v) is 9.27. The standard InChI is InChI=1S/C17H27N5O2S/c1-11-8-14(13(3)21(11)12(2)9-24-7)15(23)10-25-16-18-19-20-22(16)17(4,5)6/h8,12H,9-10H2,1-7H3. The maximum Gasteiger partial charge on any atom is 0.210 e. The molecule has 2 aromatic rings. The highest BCUT2D eigenvalue weighted by molar-refractivity contribution is 7.99. The number of carbonyl (C=O) groups excluding carboxylic acids is 1. The van der Waals surface area contributed by atoms with Crippen molar-refractivity contribution in [2.75, 3.05) is 19.5 Å². The molecule has 0 saturated carbocycles. The summed E-state index contributed by atoms with van der Waals surface area (Å²) in [5, 5.41) is 12.4. The van der Waals surface area contributed by atoms with Gasteiger partial charge in [0.2, 0.25) is 5.16 Å². The van der Waals surface area contributed by atoms with Gasteiger partial charge in [-0.15, -0.1) is 5.10 Å². The Labute approximate surface area is 153 Å². The third-order valence-electron chi connectivity index (χ3n) is 4.04. The molecule has 1 atom stereocenters. The molecule has 0 fully saturated rings. The quantitative estimate of drug-likeness (QED) is 0.554. The molecule has 0 aromatic carbocycles. The smallest absolute Gasteiger partial charge is 0.210 e. The lowest BCUT2D eigenvalue weighted by Crippen LogP contribution is -2.24. The molecule has 8 heteroatoms. The maximum absolute atomic E-state index is 12.7. The van der Waals surface area contributed by atoms with E-state index in [4.69, 9.17) is 4.74 Å². The normalized spacial score (nSPS) is 13.2. The molecule has 2 rings (SSSR count). The second kappa shape index (κ2) is 7.70. The van der Waals surface area contributed by atoms with Gasteiger partial charge in [-0.1, -0.05) is 11.8 Å². The van der Waals surface area contributed by atoms with Crippen LogP contribution in [0.1, 0.15) is 55.5 Å². The highest BCUT2D eigenvalue weighted by Gasteiger charge is 2.23. The van der Waals surface area contributed by atoms with E-state index in [0.717, 1.165) is 17.0 Å². The van der Waals surface area contributed by atoms with Crippen molar-refractivity contribution in [3.05, 3.63) is 23.0 Å². The molecule has 0 aliphatic carbocycles. The van der Waals surface area contributed by atoms with Crippen LogP contribution < -0.4 is 0 Å². The Morgan fingerprint density at radius 3 is 2.64 bits per heavy atom. The van der Waals surface area contributed by atoms with Crippen molar-refractivity contribution >= 4 is 17.5 Å². The highest BCUT2D eigenvalue weighted by atomic mass is 32.2. The average molecular weight is 366 g/mol. The Balaban J connectivity index is 2.15. The Morgan fingerprint density at radius 1 is 1.36 bits per heavy atom. The summed E-state index contributed by atoms with van der Waals surface area (Å²) in [5.74, 6) is 0.386. The predicted molar refractivity (Wildman–Crippen MR) is 98.4 cm³/mol. The van der Waals surface area contributed by atoms with E-state index in [1.807, 2.05) is 40.7 Å². The number of hydrogen-bond acceptors (Lipinski definition) is 6. The van der Waals surface area contributed by atoms with Crippen LogP contribution in [0.2, 0.25) is 0 Å². The number of carbonyl (C=O) groups is 1. The molecular weight excluding hydrogens is 338 g/mol. The number of ether oxygens (including phenoxy) is 1. The van der Waals surface area contributed by atoms with E-state index in [1.165, 1.54) is 11.8 Å². The minimum atomic E-state index is -0.222. The number of methoxy groups -OCH3 is 1. The molecule has 0 aliphatic heterocycles. The van der Waals surface area contributed by atoms with Crippen molar-refractivity contribution in [1.29, 1.82) is 0 Å². The van der Waals surface area contributed by atoms with Gasteiger partial charge in [-0.05, 0) is 58.0 Å². The van der Waals surface area contributed by atoms with Gasteiger partial charge in [-0.25, -0.2) is 4.68 Å². The Morgan fingerprint density at radius 2 is 2.04 bits per heavy atom. The molecule has 0 amide bonds. The first kappa shape index (κ1) is 19.7. The van der Waals surface area contributed by atoms with Crippen molar-refractivity contribution in [3.63, 3.8) is 0 Å². The number of rotatable bonds is 7. The van der Waals surface area contributed by atoms with Crippen LogP contribution >= 0.6 is 11.8 Å². The van der Waals surface area contributed by atoms with Crippen LogP contribution in [-0.2, 0) is 10.3 Å². The van der Waals surface area contributed by atoms with Gasteiger partial charge in [0.05, 0.1) is 23.9 Å². The number of thioether (sulfide) groups is 1. The first-order valence-electron chi connectivity index (χ1n) is 8.29. The first-order chi connectivity index (χ1) is 11.7. The Hall–Kier alpha value is -1.67. The number of aromatic nitrogens is 5. The molecule has 7 nitrogen and oxygen atoms in total. The van der Waals surface area contributed by atoms with E-state index in [2.05, 4.69) is 27.0 Å². The largest absolute Gasteiger partial charge is 0.383 e. The molecule has 2 aromatic heterocycles. The number of tetrazole rings is 1. The molecule has 0 aliphatic rings. The van der Waals surface area contributed by atoms with E-state index in [-0.39, 0.29) is 17.4 Å². The monoisotopic (exact) mass is 365 g/mol. The molecule has 1 unspecified atom stereocenters. The van der Waals surface area contributed by atoms with Gasteiger partial charge in [0, 0.05) is 24.1 Å². The summed E-state index contributed by atoms with van der Waals surface area (Å²) in [6.45, 7) is 12.8. The van der Waals surface area contributed by atoms with Crippen LogP contribution in [0.4, 0.5) is 0 Å². The number of aryl methyl sites for hydroxylation is 1. The molecule has 0 radical (unpaired) electrons. The zero-order chi connectivity index (χ0) is 18.8. The van der Waals surface area contributed by atoms with Crippen molar-refractivity contribution in [1.82, 2.24) is 24.8 Å². The summed E-state index contributed by atoms with van der Waals surface area (Å²) in [7, 11) is 1.69. The molecule has 138 valence electrons. The van der Waals surface area contributed by atoms with E-state index < -0.39 is 0 Å². The predicted octanol–water partition coefficient (Wildman–Crippen LogP) is 3.03. The number of nitrogens with zero attached hydrogens (tertiary/aromatic N) is 5. The molecule has 25 heavy (non-hydrogen) atoms. The number of Topliss-reactive ketones (excluding diaryl/α,β-unsaturated/α-hetero) is 1. The van der Waals surface area contributed by atoms with Crippen LogP contribution in [0.5, 0.6) is 0 Å². The second-order valence-electron chi connectivity index (χ2n) is 7.22. The van der Waals surface area contributed by atoms with Crippen LogP contribution in [0.25, 0.3) is 0 Å². The van der Waals surface area contributed by atoms with Crippen LogP contribution in [0, 0.1) is 13.8 Å². The molecule has 0 bridgehead atoms. The van der Waals surface area contributed by atoms with Gasteiger partial charge in [0.1, 0.15) is 0 Å². The summed E-state index contributed by atoms with van der Waals surface area (Å²) in [4.78, 5) is 12.7. The second-order valence-corrected chi connectivity index (χ2v) is 8.16. The van der Waals surface area contributed by atoms with Gasteiger partial charge in [-0.3, -0.25) is 4.79 Å². The molecule has 0 spiro atoms. The summed E-state index contributed by atoms with van der Waals surface area (Å²) in [6.07, 6.45) is 0. The van der Waals surface area contributed by atoms with E-state index in [0.29, 0.717) is 17.5 Å². The molecule has 2 heterocycles. The van der Waals surface area contributed by atoms with Crippen molar-refractivity contribution in [2.24, 2.45) is 0 Å². The van der Waals surface area contributed by atoms with Gasteiger partial charge >= 0.3 is 0 Å². The van der Waals surface area contributed by atoms with E-state index >= 15 is 0 Å². The minimum Gasteiger partial charge on any atom is -0.383 e. The van der Waals surface area contributed by atoms with Crippen LogP contribution in [-0.4, -0.2) is 50.0 Å². The molecular formula is C17H27N5O2S. The third kappa shape index (κ3) is 4.30. The lowest BCUT2D eigenvalue weighted by atomic mass is 10.1. The summed E-state index contributed by atoms with van der Waals surface area (Å²) in [5.41, 5.74) is 2.57. The maximum atomic E-state index is 12.7. The van der Waals surface area contributed by atoms with Crippen LogP contribution in [0.15, 0.2) is 11.2 Å². The molecule has 0 saturated heterocycles. The summed E-state index contributed by atoms with van der Waals surface area (Å²) >= 11 is 1.37. The summed E-state index contributed by atoms with van der Waals surface area (Å²) in [6, 6.07) is 2.14. The number of ketones is 1. The van der Waals surface area contributed by atoms with E-state index in [1.54, 1.807) is 11.8 Å². The third-order valence-corrected chi connectivity index (χ3v) is 4.96. The summed E-state index contributed by atoms with van der Waals surface area (Å²) < 4.78 is 9.14. The van der Waals surface area contributed by atoms with E-state index in [9.17, 15) is 4.79 Å². The average Bonchev–Trinajstić information content (AvgIpc) is 3.09. The van der Waals surface area contributed by atoms with Gasteiger partial charge in [0.25, 0.3) is 0 Å². The Kier molecular flexibility index (Phi) is 6.05. The topological polar surface area (TPSA) is 74.8 Å². The fraction of sp³-hybridized carbons (Fsp3) is 0.647. The lowest BCUT2D eigenvalue weighted by molar-refractivity contribution is 0.102. The lowest BCUT2D eigenvalue weighted by Gasteiger charge is -2.19. The molecule has 0 N–H and O–H groups in total. The number of hydrogen-bond donors (Lipinski definition) is 0. The van der Waals surface area contributed by atoms with Crippen molar-refractivity contribution < 1.29 is 9.53 Å². The van der Waals surface area contributed by atoms with Crippen LogP contribution in [0.3, 0.4) is 0 Å². The zero-order valence-corrected chi connectivity index (χ0v) is 16.8. The minimum absolute atomic E-state index is 0.0810. The van der Waals surface area contributed by atoms with Gasteiger partial charge < -0.3 is 9.30 Å².